The van der Waals surface area contributed by atoms with E-state index in [-0.39, 0.29) is 0 Å². The van der Waals surface area contributed by atoms with Crippen molar-refractivity contribution in [3.05, 3.63) is 0 Å². The third kappa shape index (κ3) is 3.25. The fourth-order valence-electron chi connectivity index (χ4n) is 1.47. The fourth-order valence-corrected chi connectivity index (χ4v) is 1.47. The number of carbonyl (C=O) groups is 1. The first kappa shape index (κ1) is 14.1. The Labute approximate surface area is 96.6 Å². The summed E-state index contributed by atoms with van der Waals surface area (Å²) in [4.78, 5) is 11.1. The molecule has 17 heavy (non-hydrogen) atoms. The second-order valence-electron chi connectivity index (χ2n) is 3.56. The molecule has 100 valence electrons. The van der Waals surface area contributed by atoms with E-state index < -0.39 is 50.0 Å². The van der Waals surface area contributed by atoms with Gasteiger partial charge in [-0.2, -0.15) is 0 Å². The Kier molecular flexibility index (Phi) is 5.05. The standard InChI is InChI=1S/C8H16N2O7/c11-1-3-4(13)5(14)6(15)7(17-3)10-8(16)9-2-12/h3-7,11-15H,1-2H2,(H2,9,10,16)/t3-,4-,5+,6-,7-/m1/s1. The lowest BCUT2D eigenvalue weighted by molar-refractivity contribution is -0.233. The molecule has 0 aromatic carbocycles. The van der Waals surface area contributed by atoms with Gasteiger partial charge in [-0.05, 0) is 0 Å². The van der Waals surface area contributed by atoms with Gasteiger partial charge in [-0.1, -0.05) is 0 Å². The Morgan fingerprint density at radius 1 is 1.12 bits per heavy atom. The van der Waals surface area contributed by atoms with Gasteiger partial charge in [0.05, 0.1) is 6.61 Å². The molecule has 1 saturated heterocycles. The molecule has 0 bridgehead atoms. The summed E-state index contributed by atoms with van der Waals surface area (Å²) >= 11 is 0. The summed E-state index contributed by atoms with van der Waals surface area (Å²) in [7, 11) is 0. The van der Waals surface area contributed by atoms with Gasteiger partial charge in [0.1, 0.15) is 31.1 Å². The van der Waals surface area contributed by atoms with Gasteiger partial charge in [-0.25, -0.2) is 4.79 Å². The molecule has 0 unspecified atom stereocenters. The van der Waals surface area contributed by atoms with Crippen molar-refractivity contribution in [1.29, 1.82) is 0 Å². The van der Waals surface area contributed by atoms with E-state index in [1.165, 1.54) is 0 Å². The number of hydrogen-bond donors (Lipinski definition) is 7. The number of hydrogen-bond acceptors (Lipinski definition) is 7. The van der Waals surface area contributed by atoms with Crippen LogP contribution in [0.15, 0.2) is 0 Å². The topological polar surface area (TPSA) is 152 Å². The Morgan fingerprint density at radius 2 is 1.76 bits per heavy atom. The Morgan fingerprint density at radius 3 is 2.29 bits per heavy atom. The lowest BCUT2D eigenvalue weighted by atomic mass is 9.98. The van der Waals surface area contributed by atoms with Crippen molar-refractivity contribution in [1.82, 2.24) is 10.6 Å². The quantitative estimate of drug-likeness (QED) is 0.253. The Balaban J connectivity index is 2.62. The molecule has 0 radical (unpaired) electrons. The fraction of sp³-hybridized carbons (Fsp3) is 0.875. The van der Waals surface area contributed by atoms with E-state index in [0.29, 0.717) is 0 Å². The maximum Gasteiger partial charge on any atom is 0.318 e. The molecule has 5 atom stereocenters. The molecule has 1 aliphatic heterocycles. The van der Waals surface area contributed by atoms with Gasteiger partial charge in [-0.15, -0.1) is 0 Å². The van der Waals surface area contributed by atoms with Crippen molar-refractivity contribution in [3.63, 3.8) is 0 Å². The van der Waals surface area contributed by atoms with Crippen LogP contribution in [0.4, 0.5) is 4.79 Å². The van der Waals surface area contributed by atoms with Gasteiger partial charge in [0.2, 0.25) is 0 Å². The first-order chi connectivity index (χ1) is 8.01. The van der Waals surface area contributed by atoms with Crippen LogP contribution in [0.2, 0.25) is 0 Å². The van der Waals surface area contributed by atoms with E-state index in [1.54, 1.807) is 0 Å². The normalized spacial score (nSPS) is 37.6. The van der Waals surface area contributed by atoms with Gasteiger partial charge in [0.25, 0.3) is 0 Å². The zero-order valence-corrected chi connectivity index (χ0v) is 8.85. The summed E-state index contributed by atoms with van der Waals surface area (Å²) in [6, 6.07) is -0.822. The number of nitrogens with one attached hydrogen (secondary N) is 2. The van der Waals surface area contributed by atoms with Crippen molar-refractivity contribution in [3.8, 4) is 0 Å². The van der Waals surface area contributed by atoms with Gasteiger partial charge in [0.15, 0.2) is 6.23 Å². The van der Waals surface area contributed by atoms with Crippen LogP contribution < -0.4 is 10.6 Å². The Hall–Kier alpha value is -0.970. The van der Waals surface area contributed by atoms with Crippen molar-refractivity contribution < 1.29 is 35.1 Å². The molecule has 0 spiro atoms. The molecule has 1 rings (SSSR count). The minimum absolute atomic E-state index is 0.579. The SMILES string of the molecule is O=C(NCO)N[C@@H]1O[C@H](CO)[C@@H](O)[C@H](O)[C@H]1O. The molecule has 7 N–H and O–H groups in total. The van der Waals surface area contributed by atoms with E-state index in [1.807, 2.05) is 5.32 Å². The average molecular weight is 252 g/mol. The monoisotopic (exact) mass is 252 g/mol. The van der Waals surface area contributed by atoms with Gasteiger partial charge < -0.3 is 40.9 Å². The van der Waals surface area contributed by atoms with Crippen molar-refractivity contribution >= 4 is 6.03 Å². The molecular weight excluding hydrogens is 236 g/mol. The largest absolute Gasteiger partial charge is 0.394 e. The smallest absolute Gasteiger partial charge is 0.318 e. The lowest BCUT2D eigenvalue weighted by Gasteiger charge is -2.39. The minimum Gasteiger partial charge on any atom is -0.394 e. The van der Waals surface area contributed by atoms with Crippen LogP contribution in [0.3, 0.4) is 0 Å². The maximum absolute atomic E-state index is 11.1. The molecular formula is C8H16N2O7. The molecule has 1 aliphatic rings. The highest BCUT2D eigenvalue weighted by molar-refractivity contribution is 5.73. The summed E-state index contributed by atoms with van der Waals surface area (Å²) in [5, 5.41) is 49.8. The van der Waals surface area contributed by atoms with E-state index >= 15 is 0 Å². The van der Waals surface area contributed by atoms with Crippen molar-refractivity contribution in [2.75, 3.05) is 13.3 Å². The van der Waals surface area contributed by atoms with Crippen LogP contribution in [-0.2, 0) is 4.74 Å². The maximum atomic E-state index is 11.1. The highest BCUT2D eigenvalue weighted by Gasteiger charge is 2.43. The Bertz CT molecular complexity index is 262. The van der Waals surface area contributed by atoms with Crippen LogP contribution in [0.25, 0.3) is 0 Å². The summed E-state index contributed by atoms with van der Waals surface area (Å²) < 4.78 is 4.98. The second-order valence-corrected chi connectivity index (χ2v) is 3.56. The zero-order valence-electron chi connectivity index (χ0n) is 8.85. The number of ether oxygens (including phenoxy) is 1. The highest BCUT2D eigenvalue weighted by atomic mass is 16.6. The molecule has 0 saturated carbocycles. The predicted molar refractivity (Wildman–Crippen MR) is 52.5 cm³/mol. The average Bonchev–Trinajstić information content (AvgIpc) is 2.30. The number of carbonyl (C=O) groups excluding carboxylic acids is 1. The molecule has 9 heteroatoms. The van der Waals surface area contributed by atoms with E-state index in [0.717, 1.165) is 0 Å². The first-order valence-corrected chi connectivity index (χ1v) is 4.97. The predicted octanol–water partition coefficient (Wildman–Crippen LogP) is -3.96. The van der Waals surface area contributed by atoms with E-state index in [9.17, 15) is 20.1 Å². The number of aliphatic hydroxyl groups is 5. The van der Waals surface area contributed by atoms with Crippen LogP contribution in [-0.4, -0.2) is 75.5 Å². The van der Waals surface area contributed by atoms with Crippen molar-refractivity contribution in [2.45, 2.75) is 30.6 Å². The van der Waals surface area contributed by atoms with Gasteiger partial charge in [-0.3, -0.25) is 0 Å². The molecule has 2 amide bonds. The number of aliphatic hydroxyl groups excluding tert-OH is 5. The van der Waals surface area contributed by atoms with Gasteiger partial charge in [0, 0.05) is 0 Å². The van der Waals surface area contributed by atoms with Crippen LogP contribution in [0.1, 0.15) is 0 Å². The first-order valence-electron chi connectivity index (χ1n) is 4.97. The minimum atomic E-state index is -1.56. The van der Waals surface area contributed by atoms with Crippen LogP contribution in [0, 0.1) is 0 Å². The van der Waals surface area contributed by atoms with Crippen LogP contribution >= 0.6 is 0 Å². The second kappa shape index (κ2) is 6.10. The van der Waals surface area contributed by atoms with E-state index in [2.05, 4.69) is 5.32 Å². The molecule has 9 nitrogen and oxygen atoms in total. The third-order valence-electron chi connectivity index (χ3n) is 2.41. The molecule has 1 fully saturated rings. The number of rotatable bonds is 3. The number of urea groups is 1. The van der Waals surface area contributed by atoms with Crippen LogP contribution in [0.5, 0.6) is 0 Å². The summed E-state index contributed by atoms with van der Waals surface area (Å²) in [6.07, 6.45) is -6.96. The summed E-state index contributed by atoms with van der Waals surface area (Å²) in [6.45, 7) is -1.19. The summed E-state index contributed by atoms with van der Waals surface area (Å²) in [5.74, 6) is 0. The molecule has 0 aromatic rings. The van der Waals surface area contributed by atoms with Crippen molar-refractivity contribution in [2.24, 2.45) is 0 Å². The zero-order chi connectivity index (χ0) is 13.0. The third-order valence-corrected chi connectivity index (χ3v) is 2.41. The highest BCUT2D eigenvalue weighted by Crippen LogP contribution is 2.19. The number of amides is 2. The molecule has 0 aliphatic carbocycles. The van der Waals surface area contributed by atoms with E-state index in [4.69, 9.17) is 14.9 Å². The van der Waals surface area contributed by atoms with Gasteiger partial charge >= 0.3 is 6.03 Å². The molecule has 1 heterocycles. The lowest BCUT2D eigenvalue weighted by Crippen LogP contribution is -2.64. The summed E-state index contributed by atoms with van der Waals surface area (Å²) in [5.41, 5.74) is 0. The molecule has 0 aromatic heterocycles.